The lowest BCUT2D eigenvalue weighted by atomic mass is 9.94. The molecule has 0 aliphatic rings. The lowest BCUT2D eigenvalue weighted by molar-refractivity contribution is -0.403. The maximum Gasteiger partial charge on any atom is 0.283 e. The quantitative estimate of drug-likeness (QED) is 0.212. The number of nitro benzene ring substituents is 3. The molecule has 0 saturated carbocycles. The molecule has 0 spiro atoms. The predicted molar refractivity (Wildman–Crippen MR) is 122 cm³/mol. The minimum absolute atomic E-state index is 0.660. The van der Waals surface area contributed by atoms with Crippen molar-refractivity contribution in [2.75, 3.05) is 0 Å². The van der Waals surface area contributed by atoms with Crippen molar-refractivity contribution in [2.45, 2.75) is 20.3 Å². The minimum atomic E-state index is -0.931. The minimum Gasteiger partial charge on any atom is -0.258 e. The van der Waals surface area contributed by atoms with Crippen LogP contribution in [0.3, 0.4) is 0 Å². The van der Waals surface area contributed by atoms with Gasteiger partial charge in [-0.25, -0.2) is 0 Å². The smallest absolute Gasteiger partial charge is 0.258 e. The van der Waals surface area contributed by atoms with E-state index in [0.29, 0.717) is 18.2 Å². The molecule has 4 rings (SSSR count). The second-order valence-corrected chi connectivity index (χ2v) is 7.08. The van der Waals surface area contributed by atoms with Gasteiger partial charge in [0, 0.05) is 0 Å². The number of hydrogen-bond acceptors (Lipinski definition) is 6. The van der Waals surface area contributed by atoms with Crippen molar-refractivity contribution in [1.29, 1.82) is 0 Å². The zero-order valence-electron chi connectivity index (χ0n) is 17.3. The summed E-state index contributed by atoms with van der Waals surface area (Å²) in [4.78, 5) is 28.1. The summed E-state index contributed by atoms with van der Waals surface area (Å²) in [6, 6.07) is 19.6. The summed E-state index contributed by atoms with van der Waals surface area (Å²) in [5.74, 6) is 0. The Kier molecular flexibility index (Phi) is 6.39. The Hall–Kier alpha value is -4.40. The average Bonchev–Trinajstić information content (AvgIpc) is 2.78. The van der Waals surface area contributed by atoms with Crippen molar-refractivity contribution in [3.63, 3.8) is 0 Å². The third-order valence-electron chi connectivity index (χ3n) is 5.15. The monoisotopic (exact) mass is 433 g/mol. The first-order valence-corrected chi connectivity index (χ1v) is 9.71. The zero-order valence-corrected chi connectivity index (χ0v) is 17.3. The highest BCUT2D eigenvalue weighted by Gasteiger charge is 2.21. The molecule has 0 aromatic heterocycles. The van der Waals surface area contributed by atoms with E-state index in [1.54, 1.807) is 0 Å². The van der Waals surface area contributed by atoms with Gasteiger partial charge in [-0.1, -0.05) is 55.5 Å². The van der Waals surface area contributed by atoms with E-state index in [9.17, 15) is 30.3 Å². The lowest BCUT2D eigenvalue weighted by Gasteiger charge is -2.10. The highest BCUT2D eigenvalue weighted by Crippen LogP contribution is 2.29. The molecule has 0 aliphatic carbocycles. The number of benzene rings is 4. The van der Waals surface area contributed by atoms with E-state index in [1.165, 1.54) is 32.7 Å². The first kappa shape index (κ1) is 22.3. The van der Waals surface area contributed by atoms with E-state index in [-0.39, 0.29) is 0 Å². The van der Waals surface area contributed by atoms with Gasteiger partial charge in [-0.3, -0.25) is 30.3 Å². The van der Waals surface area contributed by atoms with Crippen LogP contribution in [0, 0.1) is 37.3 Å². The zero-order chi connectivity index (χ0) is 23.4. The molecular formula is C23H19N3O6. The van der Waals surface area contributed by atoms with Crippen LogP contribution >= 0.6 is 0 Å². The molecule has 9 heteroatoms. The Morgan fingerprint density at radius 3 is 1.66 bits per heavy atom. The molecule has 162 valence electrons. The first-order valence-electron chi connectivity index (χ1n) is 9.71. The van der Waals surface area contributed by atoms with Crippen LogP contribution in [0.25, 0.3) is 21.5 Å². The van der Waals surface area contributed by atoms with Gasteiger partial charge in [-0.15, -0.1) is 0 Å². The second kappa shape index (κ2) is 9.17. The van der Waals surface area contributed by atoms with E-state index in [2.05, 4.69) is 62.4 Å². The van der Waals surface area contributed by atoms with Gasteiger partial charge in [0.15, 0.2) is 0 Å². The van der Waals surface area contributed by atoms with Crippen LogP contribution in [0.1, 0.15) is 18.1 Å². The van der Waals surface area contributed by atoms with Gasteiger partial charge >= 0.3 is 0 Å². The summed E-state index contributed by atoms with van der Waals surface area (Å²) in [6.45, 7) is 4.43. The van der Waals surface area contributed by atoms with Gasteiger partial charge in [0.05, 0.1) is 33.0 Å². The van der Waals surface area contributed by atoms with E-state index in [4.69, 9.17) is 0 Å². The Morgan fingerprint density at radius 2 is 1.16 bits per heavy atom. The van der Waals surface area contributed by atoms with Gasteiger partial charge in [-0.05, 0) is 46.0 Å². The van der Waals surface area contributed by atoms with Crippen LogP contribution in [0.15, 0.2) is 66.7 Å². The van der Waals surface area contributed by atoms with Gasteiger partial charge in [0.25, 0.3) is 17.1 Å². The number of aryl methyl sites for hydroxylation is 2. The maximum atomic E-state index is 10.3. The molecule has 9 nitrogen and oxygen atoms in total. The molecule has 32 heavy (non-hydrogen) atoms. The van der Waals surface area contributed by atoms with E-state index in [0.717, 1.165) is 6.42 Å². The van der Waals surface area contributed by atoms with Gasteiger partial charge in [0.2, 0.25) is 0 Å². The number of nitro groups is 3. The van der Waals surface area contributed by atoms with Crippen molar-refractivity contribution in [2.24, 2.45) is 0 Å². The largest absolute Gasteiger partial charge is 0.283 e. The first-order chi connectivity index (χ1) is 15.2. The fraction of sp³-hybridized carbons (Fsp3) is 0.130. The summed E-state index contributed by atoms with van der Waals surface area (Å²) in [7, 11) is 0. The third-order valence-corrected chi connectivity index (χ3v) is 5.15. The van der Waals surface area contributed by atoms with Crippen LogP contribution in [0.4, 0.5) is 17.1 Å². The van der Waals surface area contributed by atoms with E-state index < -0.39 is 31.8 Å². The number of rotatable bonds is 4. The topological polar surface area (TPSA) is 129 Å². The lowest BCUT2D eigenvalue weighted by Crippen LogP contribution is -1.96. The Morgan fingerprint density at radius 1 is 0.656 bits per heavy atom. The molecule has 0 bridgehead atoms. The van der Waals surface area contributed by atoms with Crippen LogP contribution in [-0.2, 0) is 6.42 Å². The molecule has 0 amide bonds. The molecule has 0 heterocycles. The molecule has 0 saturated heterocycles. The summed E-state index contributed by atoms with van der Waals surface area (Å²) < 4.78 is 0. The molecule has 0 aliphatic heterocycles. The molecule has 0 atom stereocenters. The second-order valence-electron chi connectivity index (χ2n) is 7.08. The van der Waals surface area contributed by atoms with Crippen LogP contribution < -0.4 is 0 Å². The summed E-state index contributed by atoms with van der Waals surface area (Å²) in [6.07, 6.45) is 1.10. The van der Waals surface area contributed by atoms with Crippen molar-refractivity contribution >= 4 is 38.6 Å². The fourth-order valence-corrected chi connectivity index (χ4v) is 3.62. The summed E-state index contributed by atoms with van der Waals surface area (Å²) in [5.41, 5.74) is 0.825. The standard InChI is InChI=1S/C17H16.C6H3N3O6/c1-3-14-12(2)8-10-17-15-7-5-4-6-13(15)9-11-16(14)17;10-7(11)4-1-5(8(12)13)3-6(2-4)9(14)15/h4-11H,3H2,1-2H3;1-3H. The highest BCUT2D eigenvalue weighted by molar-refractivity contribution is 6.08. The summed E-state index contributed by atoms with van der Waals surface area (Å²) >= 11 is 0. The van der Waals surface area contributed by atoms with Crippen LogP contribution in [0.2, 0.25) is 0 Å². The van der Waals surface area contributed by atoms with Gasteiger partial charge < -0.3 is 0 Å². The molecular weight excluding hydrogens is 414 g/mol. The molecule has 0 fully saturated rings. The Labute approximate surface area is 182 Å². The maximum absolute atomic E-state index is 10.3. The van der Waals surface area contributed by atoms with Crippen LogP contribution in [0.5, 0.6) is 0 Å². The SMILES string of the molecule is CCc1c(C)ccc2c1ccc1ccccc12.O=[N+]([O-])c1cc([N+](=O)[O-])cc([N+](=O)[O-])c1. The van der Waals surface area contributed by atoms with Crippen molar-refractivity contribution in [3.05, 3.63) is 108 Å². The van der Waals surface area contributed by atoms with Gasteiger partial charge in [0.1, 0.15) is 0 Å². The average molecular weight is 433 g/mol. The van der Waals surface area contributed by atoms with Crippen molar-refractivity contribution in [3.8, 4) is 0 Å². The Bertz CT molecular complexity index is 1290. The number of non-ortho nitro benzene ring substituents is 3. The normalized spacial score (nSPS) is 10.4. The number of hydrogen-bond donors (Lipinski definition) is 0. The van der Waals surface area contributed by atoms with Crippen molar-refractivity contribution < 1.29 is 14.8 Å². The van der Waals surface area contributed by atoms with Gasteiger partial charge in [-0.2, -0.15) is 0 Å². The van der Waals surface area contributed by atoms with E-state index >= 15 is 0 Å². The predicted octanol–water partition coefficient (Wildman–Crippen LogP) is 6.28. The molecule has 0 N–H and O–H groups in total. The molecule has 4 aromatic carbocycles. The third kappa shape index (κ3) is 4.51. The number of fused-ring (bicyclic) bond motifs is 3. The Balaban J connectivity index is 0.000000183. The molecule has 4 aromatic rings. The summed E-state index contributed by atoms with van der Waals surface area (Å²) in [5, 5.41) is 36.4. The van der Waals surface area contributed by atoms with Crippen LogP contribution in [-0.4, -0.2) is 14.8 Å². The molecule has 0 radical (unpaired) electrons. The number of nitrogens with zero attached hydrogens (tertiary/aromatic N) is 3. The van der Waals surface area contributed by atoms with E-state index in [1.807, 2.05) is 0 Å². The highest BCUT2D eigenvalue weighted by atomic mass is 16.6. The van der Waals surface area contributed by atoms with Crippen molar-refractivity contribution in [1.82, 2.24) is 0 Å². The molecule has 0 unspecified atom stereocenters. The fourth-order valence-electron chi connectivity index (χ4n) is 3.62.